The van der Waals surface area contributed by atoms with E-state index in [0.29, 0.717) is 6.10 Å². The van der Waals surface area contributed by atoms with Crippen LogP contribution in [-0.2, 0) is 11.3 Å². The van der Waals surface area contributed by atoms with Gasteiger partial charge in [-0.05, 0) is 51.8 Å². The molecule has 0 aliphatic heterocycles. The van der Waals surface area contributed by atoms with E-state index in [1.165, 1.54) is 29.5 Å². The lowest BCUT2D eigenvalue weighted by atomic mass is 9.82. The van der Waals surface area contributed by atoms with Crippen molar-refractivity contribution >= 4 is 0 Å². The zero-order valence-electron chi connectivity index (χ0n) is 11.1. The molecule has 1 aliphatic carbocycles. The second-order valence-electron chi connectivity index (χ2n) is 5.32. The van der Waals surface area contributed by atoms with Crippen molar-refractivity contribution in [1.29, 1.82) is 0 Å². The number of hydrogen-bond acceptors (Lipinski definition) is 2. The van der Waals surface area contributed by atoms with Crippen molar-refractivity contribution in [2.45, 2.75) is 39.4 Å². The van der Waals surface area contributed by atoms with Crippen molar-refractivity contribution in [2.75, 3.05) is 13.6 Å². The first-order valence-electron chi connectivity index (χ1n) is 6.50. The van der Waals surface area contributed by atoms with Crippen LogP contribution in [0.15, 0.2) is 18.2 Å². The van der Waals surface area contributed by atoms with E-state index in [0.717, 1.165) is 19.1 Å². The van der Waals surface area contributed by atoms with Crippen LogP contribution in [0.4, 0.5) is 0 Å². The molecule has 1 aromatic carbocycles. The van der Waals surface area contributed by atoms with Crippen LogP contribution in [0.5, 0.6) is 0 Å². The largest absolute Gasteiger partial charge is 0.374 e. The van der Waals surface area contributed by atoms with Gasteiger partial charge in [0.15, 0.2) is 0 Å². The number of hydrogen-bond donors (Lipinski definition) is 1. The summed E-state index contributed by atoms with van der Waals surface area (Å²) in [5.41, 5.74) is 3.95. The van der Waals surface area contributed by atoms with Gasteiger partial charge in [0.05, 0.1) is 12.7 Å². The Labute approximate surface area is 104 Å². The number of ether oxygens (including phenoxy) is 1. The summed E-state index contributed by atoms with van der Waals surface area (Å²) in [7, 11) is 2.02. The molecule has 0 saturated heterocycles. The Morgan fingerprint density at radius 2 is 1.82 bits per heavy atom. The second kappa shape index (κ2) is 5.65. The van der Waals surface area contributed by atoms with Crippen LogP contribution in [0, 0.1) is 19.8 Å². The van der Waals surface area contributed by atoms with Crippen LogP contribution < -0.4 is 5.32 Å². The Hall–Kier alpha value is -0.860. The molecular formula is C15H23NO. The number of nitrogens with one attached hydrogen (secondary N) is 1. The Bertz CT molecular complexity index is 349. The zero-order chi connectivity index (χ0) is 12.3. The fourth-order valence-electron chi connectivity index (χ4n) is 2.63. The third-order valence-electron chi connectivity index (χ3n) is 3.45. The molecule has 0 radical (unpaired) electrons. The van der Waals surface area contributed by atoms with Gasteiger partial charge < -0.3 is 10.1 Å². The molecule has 0 heterocycles. The van der Waals surface area contributed by atoms with Crippen molar-refractivity contribution in [1.82, 2.24) is 5.32 Å². The Morgan fingerprint density at radius 3 is 2.41 bits per heavy atom. The SMILES string of the molecule is CNCC1CC(OCc2cc(C)cc(C)c2)C1. The standard InChI is InChI=1S/C15H23NO/c1-11-4-12(2)6-14(5-11)10-17-15-7-13(8-15)9-16-3/h4-6,13,15-16H,7-10H2,1-3H3. The van der Waals surface area contributed by atoms with E-state index in [1.807, 2.05) is 7.05 Å². The maximum atomic E-state index is 5.92. The van der Waals surface area contributed by atoms with E-state index < -0.39 is 0 Å². The number of benzene rings is 1. The highest BCUT2D eigenvalue weighted by molar-refractivity contribution is 5.28. The summed E-state index contributed by atoms with van der Waals surface area (Å²) in [6, 6.07) is 6.64. The molecule has 1 aliphatic rings. The Morgan fingerprint density at radius 1 is 1.18 bits per heavy atom. The molecule has 17 heavy (non-hydrogen) atoms. The van der Waals surface area contributed by atoms with E-state index in [4.69, 9.17) is 4.74 Å². The summed E-state index contributed by atoms with van der Waals surface area (Å²) >= 11 is 0. The normalized spacial score (nSPS) is 23.5. The summed E-state index contributed by atoms with van der Waals surface area (Å²) < 4.78 is 5.92. The highest BCUT2D eigenvalue weighted by Gasteiger charge is 2.28. The van der Waals surface area contributed by atoms with E-state index in [9.17, 15) is 0 Å². The summed E-state index contributed by atoms with van der Waals surface area (Å²) in [6.45, 7) is 6.18. The lowest BCUT2D eigenvalue weighted by Crippen LogP contribution is -2.36. The van der Waals surface area contributed by atoms with Crippen molar-refractivity contribution in [3.8, 4) is 0 Å². The lowest BCUT2D eigenvalue weighted by molar-refractivity contribution is -0.0391. The van der Waals surface area contributed by atoms with Crippen LogP contribution in [0.1, 0.15) is 29.5 Å². The van der Waals surface area contributed by atoms with Gasteiger partial charge in [0.2, 0.25) is 0 Å². The van der Waals surface area contributed by atoms with Gasteiger partial charge in [0, 0.05) is 0 Å². The van der Waals surface area contributed by atoms with E-state index in [1.54, 1.807) is 0 Å². The smallest absolute Gasteiger partial charge is 0.0720 e. The van der Waals surface area contributed by atoms with Gasteiger partial charge in [-0.15, -0.1) is 0 Å². The fraction of sp³-hybridized carbons (Fsp3) is 0.600. The fourth-order valence-corrected chi connectivity index (χ4v) is 2.63. The predicted octanol–water partition coefficient (Wildman–Crippen LogP) is 2.82. The molecule has 1 fully saturated rings. The highest BCUT2D eigenvalue weighted by Crippen LogP contribution is 2.30. The molecule has 1 saturated carbocycles. The monoisotopic (exact) mass is 233 g/mol. The van der Waals surface area contributed by atoms with Gasteiger partial charge in [-0.2, -0.15) is 0 Å². The molecule has 0 spiro atoms. The molecule has 0 atom stereocenters. The molecule has 0 aromatic heterocycles. The maximum Gasteiger partial charge on any atom is 0.0720 e. The zero-order valence-corrected chi connectivity index (χ0v) is 11.1. The van der Waals surface area contributed by atoms with Gasteiger partial charge in [0.25, 0.3) is 0 Å². The molecule has 2 rings (SSSR count). The topological polar surface area (TPSA) is 21.3 Å². The summed E-state index contributed by atoms with van der Waals surface area (Å²) in [4.78, 5) is 0. The van der Waals surface area contributed by atoms with Crippen molar-refractivity contribution < 1.29 is 4.74 Å². The highest BCUT2D eigenvalue weighted by atomic mass is 16.5. The van der Waals surface area contributed by atoms with E-state index >= 15 is 0 Å². The Balaban J connectivity index is 1.76. The van der Waals surface area contributed by atoms with Crippen molar-refractivity contribution in [2.24, 2.45) is 5.92 Å². The quantitative estimate of drug-likeness (QED) is 0.844. The Kier molecular flexibility index (Phi) is 4.19. The van der Waals surface area contributed by atoms with Gasteiger partial charge in [0.1, 0.15) is 0 Å². The van der Waals surface area contributed by atoms with Crippen molar-refractivity contribution in [3.05, 3.63) is 34.9 Å². The maximum absolute atomic E-state index is 5.92. The van der Waals surface area contributed by atoms with Gasteiger partial charge in [-0.3, -0.25) is 0 Å². The average molecular weight is 233 g/mol. The van der Waals surface area contributed by atoms with Crippen LogP contribution >= 0.6 is 0 Å². The van der Waals surface area contributed by atoms with Crippen LogP contribution in [0.3, 0.4) is 0 Å². The van der Waals surface area contributed by atoms with Gasteiger partial charge >= 0.3 is 0 Å². The first-order valence-corrected chi connectivity index (χ1v) is 6.50. The summed E-state index contributed by atoms with van der Waals surface area (Å²) in [5, 5.41) is 3.22. The van der Waals surface area contributed by atoms with Crippen LogP contribution in [0.2, 0.25) is 0 Å². The lowest BCUT2D eigenvalue weighted by Gasteiger charge is -2.35. The molecule has 1 N–H and O–H groups in total. The van der Waals surface area contributed by atoms with E-state index in [2.05, 4.69) is 37.4 Å². The number of aryl methyl sites for hydroxylation is 2. The van der Waals surface area contributed by atoms with Crippen LogP contribution in [-0.4, -0.2) is 19.7 Å². The summed E-state index contributed by atoms with van der Waals surface area (Å²) in [5.74, 6) is 0.823. The first kappa shape index (κ1) is 12.6. The molecule has 2 nitrogen and oxygen atoms in total. The van der Waals surface area contributed by atoms with Gasteiger partial charge in [-0.25, -0.2) is 0 Å². The molecule has 0 amide bonds. The third kappa shape index (κ3) is 3.55. The minimum absolute atomic E-state index is 0.481. The van der Waals surface area contributed by atoms with E-state index in [-0.39, 0.29) is 0 Å². The second-order valence-corrected chi connectivity index (χ2v) is 5.32. The molecule has 1 aromatic rings. The molecular weight excluding hydrogens is 210 g/mol. The minimum atomic E-state index is 0.481. The molecule has 0 bridgehead atoms. The third-order valence-corrected chi connectivity index (χ3v) is 3.45. The van der Waals surface area contributed by atoms with Crippen molar-refractivity contribution in [3.63, 3.8) is 0 Å². The average Bonchev–Trinajstić information content (AvgIpc) is 2.19. The number of rotatable bonds is 5. The molecule has 0 unspecified atom stereocenters. The molecule has 94 valence electrons. The summed E-state index contributed by atoms with van der Waals surface area (Å²) in [6.07, 6.45) is 2.91. The van der Waals surface area contributed by atoms with Gasteiger partial charge in [-0.1, -0.05) is 29.3 Å². The minimum Gasteiger partial charge on any atom is -0.374 e. The first-order chi connectivity index (χ1) is 8.17. The molecule has 2 heteroatoms. The predicted molar refractivity (Wildman–Crippen MR) is 71.1 cm³/mol. The van der Waals surface area contributed by atoms with Crippen LogP contribution in [0.25, 0.3) is 0 Å².